The van der Waals surface area contributed by atoms with E-state index in [0.717, 1.165) is 20.6 Å². The van der Waals surface area contributed by atoms with E-state index in [1.165, 1.54) is 0 Å². The minimum absolute atomic E-state index is 0.106. The van der Waals surface area contributed by atoms with Crippen molar-refractivity contribution < 1.29 is 0 Å². The van der Waals surface area contributed by atoms with Crippen LogP contribution in [0.4, 0.5) is 0 Å². The molecule has 5 heteroatoms. The minimum atomic E-state index is 0.106. The van der Waals surface area contributed by atoms with Gasteiger partial charge < -0.3 is 5.32 Å². The molecule has 2 rings (SSSR count). The zero-order valence-corrected chi connectivity index (χ0v) is 14.6. The lowest BCUT2D eigenvalue weighted by Crippen LogP contribution is -2.18. The van der Waals surface area contributed by atoms with Crippen molar-refractivity contribution >= 4 is 50.7 Å². The first kappa shape index (κ1) is 16.1. The fourth-order valence-electron chi connectivity index (χ4n) is 1.90. The highest BCUT2D eigenvalue weighted by atomic mass is 79.9. The molecule has 0 amide bonds. The van der Waals surface area contributed by atoms with Crippen LogP contribution in [0.25, 0.3) is 0 Å². The van der Waals surface area contributed by atoms with Gasteiger partial charge in [-0.1, -0.05) is 56.8 Å². The molecule has 1 atom stereocenters. The number of hydrogen-bond donors (Lipinski definition) is 1. The summed E-state index contributed by atoms with van der Waals surface area (Å²) < 4.78 is 1.01. The summed E-state index contributed by atoms with van der Waals surface area (Å²) in [6, 6.07) is 11.4. The zero-order valence-electron chi connectivity index (χ0n) is 10.8. The maximum atomic E-state index is 6.20. The Bertz CT molecular complexity index is 616. The van der Waals surface area contributed by atoms with E-state index >= 15 is 0 Å². The van der Waals surface area contributed by atoms with E-state index in [2.05, 4.69) is 28.2 Å². The SMILES string of the molecule is CC(NCc1cc(Br)ccc1Cl)c1ccc(Cl)cc1Cl. The third-order valence-corrected chi connectivity index (χ3v) is 4.46. The lowest BCUT2D eigenvalue weighted by molar-refractivity contribution is 0.575. The van der Waals surface area contributed by atoms with E-state index in [9.17, 15) is 0 Å². The summed E-state index contributed by atoms with van der Waals surface area (Å²) in [5, 5.41) is 5.46. The molecule has 0 fully saturated rings. The fraction of sp³-hybridized carbons (Fsp3) is 0.200. The first-order valence-corrected chi connectivity index (χ1v) is 8.02. The predicted molar refractivity (Wildman–Crippen MR) is 90.9 cm³/mol. The van der Waals surface area contributed by atoms with Gasteiger partial charge in [-0.25, -0.2) is 0 Å². The molecular formula is C15H13BrCl3N. The molecule has 0 heterocycles. The van der Waals surface area contributed by atoms with Gasteiger partial charge >= 0.3 is 0 Å². The second-order valence-electron chi connectivity index (χ2n) is 4.50. The summed E-state index contributed by atoms with van der Waals surface area (Å²) in [5.74, 6) is 0. The Labute approximate surface area is 142 Å². The Morgan fingerprint density at radius 3 is 2.50 bits per heavy atom. The number of nitrogens with one attached hydrogen (secondary N) is 1. The van der Waals surface area contributed by atoms with Gasteiger partial charge in [-0.2, -0.15) is 0 Å². The summed E-state index contributed by atoms with van der Waals surface area (Å²) in [6.45, 7) is 2.72. The first-order chi connectivity index (χ1) is 9.47. The highest BCUT2D eigenvalue weighted by Gasteiger charge is 2.10. The number of benzene rings is 2. The van der Waals surface area contributed by atoms with Crippen LogP contribution in [0, 0.1) is 0 Å². The highest BCUT2D eigenvalue weighted by molar-refractivity contribution is 9.10. The molecule has 2 aromatic carbocycles. The molecule has 1 unspecified atom stereocenters. The molecule has 0 saturated carbocycles. The summed E-state index contributed by atoms with van der Waals surface area (Å²) in [4.78, 5) is 0. The molecule has 20 heavy (non-hydrogen) atoms. The van der Waals surface area contributed by atoms with Crippen molar-refractivity contribution in [1.29, 1.82) is 0 Å². The van der Waals surface area contributed by atoms with E-state index in [1.54, 1.807) is 6.07 Å². The molecule has 1 nitrogen and oxygen atoms in total. The maximum Gasteiger partial charge on any atom is 0.0468 e. The van der Waals surface area contributed by atoms with Gasteiger partial charge in [-0.15, -0.1) is 0 Å². The quantitative estimate of drug-likeness (QED) is 0.646. The predicted octanol–water partition coefficient (Wildman–Crippen LogP) is 6.26. The van der Waals surface area contributed by atoms with Crippen LogP contribution < -0.4 is 5.32 Å². The van der Waals surface area contributed by atoms with Gasteiger partial charge in [0.1, 0.15) is 0 Å². The molecule has 0 bridgehead atoms. The zero-order chi connectivity index (χ0) is 14.7. The second-order valence-corrected chi connectivity index (χ2v) is 6.67. The second kappa shape index (κ2) is 7.15. The van der Waals surface area contributed by atoms with Crippen LogP contribution in [-0.4, -0.2) is 0 Å². The molecule has 106 valence electrons. The van der Waals surface area contributed by atoms with E-state index in [-0.39, 0.29) is 6.04 Å². The molecule has 0 aliphatic rings. The number of rotatable bonds is 4. The van der Waals surface area contributed by atoms with Gasteiger partial charge in [-0.05, 0) is 48.4 Å². The van der Waals surface area contributed by atoms with Crippen molar-refractivity contribution in [1.82, 2.24) is 5.32 Å². The topological polar surface area (TPSA) is 12.0 Å². The Balaban J connectivity index is 2.08. The van der Waals surface area contributed by atoms with Crippen LogP contribution in [0.15, 0.2) is 40.9 Å². The average molecular weight is 394 g/mol. The van der Waals surface area contributed by atoms with E-state index in [4.69, 9.17) is 34.8 Å². The van der Waals surface area contributed by atoms with Crippen molar-refractivity contribution in [3.05, 3.63) is 67.1 Å². The largest absolute Gasteiger partial charge is 0.306 e. The van der Waals surface area contributed by atoms with Crippen molar-refractivity contribution in [2.45, 2.75) is 19.5 Å². The third-order valence-electron chi connectivity index (χ3n) is 3.04. The summed E-state index contributed by atoms with van der Waals surface area (Å²) >= 11 is 21.7. The smallest absolute Gasteiger partial charge is 0.0468 e. The molecule has 0 saturated heterocycles. The molecule has 1 N–H and O–H groups in total. The van der Waals surface area contributed by atoms with Crippen molar-refractivity contribution in [2.75, 3.05) is 0 Å². The van der Waals surface area contributed by atoms with Gasteiger partial charge in [0, 0.05) is 32.1 Å². The Morgan fingerprint density at radius 1 is 1.05 bits per heavy atom. The minimum Gasteiger partial charge on any atom is -0.306 e. The van der Waals surface area contributed by atoms with Crippen LogP contribution in [-0.2, 0) is 6.54 Å². The number of halogens is 4. The van der Waals surface area contributed by atoms with Gasteiger partial charge in [-0.3, -0.25) is 0 Å². The van der Waals surface area contributed by atoms with Crippen LogP contribution in [0.2, 0.25) is 15.1 Å². The van der Waals surface area contributed by atoms with Gasteiger partial charge in [0.05, 0.1) is 0 Å². The Kier molecular flexibility index (Phi) is 5.76. The monoisotopic (exact) mass is 391 g/mol. The van der Waals surface area contributed by atoms with Crippen LogP contribution in [0.1, 0.15) is 24.1 Å². The summed E-state index contributed by atoms with van der Waals surface area (Å²) in [6.07, 6.45) is 0. The Hall–Kier alpha value is -0.250. The molecule has 0 aliphatic carbocycles. The standard InChI is InChI=1S/C15H13BrCl3N/c1-9(13-4-3-12(17)7-15(13)19)20-8-10-6-11(16)2-5-14(10)18/h2-7,9,20H,8H2,1H3. The molecule has 0 spiro atoms. The molecule has 0 aromatic heterocycles. The average Bonchev–Trinajstić information content (AvgIpc) is 2.39. The van der Waals surface area contributed by atoms with Crippen molar-refractivity contribution in [3.63, 3.8) is 0 Å². The van der Waals surface area contributed by atoms with Gasteiger partial charge in [0.25, 0.3) is 0 Å². The van der Waals surface area contributed by atoms with E-state index in [0.29, 0.717) is 16.6 Å². The molecule has 0 radical (unpaired) electrons. The maximum absolute atomic E-state index is 6.20. The highest BCUT2D eigenvalue weighted by Crippen LogP contribution is 2.27. The summed E-state index contributed by atoms with van der Waals surface area (Å²) in [5.41, 5.74) is 2.06. The van der Waals surface area contributed by atoms with Crippen molar-refractivity contribution in [3.8, 4) is 0 Å². The summed E-state index contributed by atoms with van der Waals surface area (Å²) in [7, 11) is 0. The van der Waals surface area contributed by atoms with Crippen LogP contribution >= 0.6 is 50.7 Å². The normalized spacial score (nSPS) is 12.4. The van der Waals surface area contributed by atoms with Crippen LogP contribution in [0.5, 0.6) is 0 Å². The van der Waals surface area contributed by atoms with E-state index < -0.39 is 0 Å². The van der Waals surface area contributed by atoms with Crippen LogP contribution in [0.3, 0.4) is 0 Å². The van der Waals surface area contributed by atoms with Gasteiger partial charge in [0.2, 0.25) is 0 Å². The fourth-order valence-corrected chi connectivity index (χ4v) is 3.07. The number of hydrogen-bond acceptors (Lipinski definition) is 1. The van der Waals surface area contributed by atoms with Crippen molar-refractivity contribution in [2.24, 2.45) is 0 Å². The lowest BCUT2D eigenvalue weighted by atomic mass is 10.1. The first-order valence-electron chi connectivity index (χ1n) is 6.09. The molecule has 2 aromatic rings. The van der Waals surface area contributed by atoms with E-state index in [1.807, 2.05) is 30.3 Å². The molecular weight excluding hydrogens is 380 g/mol. The third kappa shape index (κ3) is 4.12. The molecule has 0 aliphatic heterocycles. The Morgan fingerprint density at radius 2 is 1.80 bits per heavy atom. The van der Waals surface area contributed by atoms with Gasteiger partial charge in [0.15, 0.2) is 0 Å². The lowest BCUT2D eigenvalue weighted by Gasteiger charge is -2.16.